The van der Waals surface area contributed by atoms with E-state index >= 15 is 0 Å². The summed E-state index contributed by atoms with van der Waals surface area (Å²) >= 11 is 0. The molecule has 0 fully saturated rings. The zero-order chi connectivity index (χ0) is 32.1. The summed E-state index contributed by atoms with van der Waals surface area (Å²) < 4.78 is 2.37. The maximum absolute atomic E-state index is 5.52. The molecule has 0 atom stereocenters. The second kappa shape index (κ2) is 9.96. The molecular weight excluding hydrogens is 595 g/mol. The molecule has 0 amide bonds. The minimum atomic E-state index is 0.828. The molecule has 2 heterocycles. The molecule has 11 rings (SSSR count). The number of aromatic nitrogens is 3. The standard InChI is InChI=1S/C46H27N3/c1-2-14-30(15-3-1)44-46(47-38-25-22-29-13-5-7-17-32(29)45(38)48-44)49-39-26-23-28-12-4-6-16-31(28)42(39)43-40(49)27-24-37-35-20-9-8-18-33(35)34-19-10-11-21-36(34)41(37)43/h1-27H. The van der Waals surface area contributed by atoms with Gasteiger partial charge in [0.1, 0.15) is 5.69 Å². The zero-order valence-electron chi connectivity index (χ0n) is 26.4. The zero-order valence-corrected chi connectivity index (χ0v) is 26.4. The van der Waals surface area contributed by atoms with Crippen molar-refractivity contribution >= 4 is 86.7 Å². The summed E-state index contributed by atoms with van der Waals surface area (Å²) in [6.07, 6.45) is 0. The van der Waals surface area contributed by atoms with E-state index in [0.29, 0.717) is 0 Å². The lowest BCUT2D eigenvalue weighted by atomic mass is 9.91. The number of hydrogen-bond acceptors (Lipinski definition) is 2. The Morgan fingerprint density at radius 2 is 0.878 bits per heavy atom. The molecule has 226 valence electrons. The van der Waals surface area contributed by atoms with Crippen LogP contribution >= 0.6 is 0 Å². The molecule has 0 bridgehead atoms. The second-order valence-electron chi connectivity index (χ2n) is 12.9. The lowest BCUT2D eigenvalue weighted by Crippen LogP contribution is -2.04. The van der Waals surface area contributed by atoms with Gasteiger partial charge >= 0.3 is 0 Å². The highest BCUT2D eigenvalue weighted by Crippen LogP contribution is 2.46. The van der Waals surface area contributed by atoms with Gasteiger partial charge in [-0.3, -0.25) is 4.57 Å². The number of nitrogens with zero attached hydrogens (tertiary/aromatic N) is 3. The molecule has 0 saturated heterocycles. The van der Waals surface area contributed by atoms with E-state index in [2.05, 4.69) is 168 Å². The van der Waals surface area contributed by atoms with Crippen molar-refractivity contribution in [3.63, 3.8) is 0 Å². The van der Waals surface area contributed by atoms with Gasteiger partial charge in [0.15, 0.2) is 5.82 Å². The molecule has 49 heavy (non-hydrogen) atoms. The van der Waals surface area contributed by atoms with E-state index in [1.807, 2.05) is 0 Å². The fourth-order valence-electron chi connectivity index (χ4n) is 8.22. The Kier molecular flexibility index (Phi) is 5.38. The SMILES string of the molecule is c1ccc(-c2nc3c(ccc4ccccc43)nc2-n2c3ccc4ccccc4c3c3c4c5ccccc5c5ccccc5c4ccc32)cc1. The first kappa shape index (κ1) is 26.5. The lowest BCUT2D eigenvalue weighted by Gasteiger charge is -2.15. The molecule has 0 aliphatic carbocycles. The molecule has 0 saturated carbocycles. The lowest BCUT2D eigenvalue weighted by molar-refractivity contribution is 1.08. The second-order valence-corrected chi connectivity index (χ2v) is 12.9. The van der Waals surface area contributed by atoms with Gasteiger partial charge in [-0.25, -0.2) is 9.97 Å². The summed E-state index contributed by atoms with van der Waals surface area (Å²) in [4.78, 5) is 11.0. The van der Waals surface area contributed by atoms with Gasteiger partial charge in [-0.1, -0.05) is 146 Å². The topological polar surface area (TPSA) is 30.7 Å². The third kappa shape index (κ3) is 3.67. The third-order valence-electron chi connectivity index (χ3n) is 10.3. The van der Waals surface area contributed by atoms with Crippen LogP contribution in [0.3, 0.4) is 0 Å². The van der Waals surface area contributed by atoms with Crippen molar-refractivity contribution in [1.82, 2.24) is 14.5 Å². The third-order valence-corrected chi connectivity index (χ3v) is 10.3. The van der Waals surface area contributed by atoms with Crippen LogP contribution in [0, 0.1) is 0 Å². The molecule has 0 N–H and O–H groups in total. The van der Waals surface area contributed by atoms with Crippen molar-refractivity contribution in [3.05, 3.63) is 164 Å². The number of hydrogen-bond donors (Lipinski definition) is 0. The van der Waals surface area contributed by atoms with E-state index < -0.39 is 0 Å². The number of fused-ring (bicyclic) bond motifs is 15. The van der Waals surface area contributed by atoms with E-state index in [1.54, 1.807) is 0 Å². The summed E-state index contributed by atoms with van der Waals surface area (Å²) in [6.45, 7) is 0. The van der Waals surface area contributed by atoms with Gasteiger partial charge < -0.3 is 0 Å². The quantitative estimate of drug-likeness (QED) is 0.180. The van der Waals surface area contributed by atoms with Crippen molar-refractivity contribution < 1.29 is 0 Å². The van der Waals surface area contributed by atoms with Gasteiger partial charge in [0, 0.05) is 27.1 Å². The highest BCUT2D eigenvalue weighted by molar-refractivity contribution is 6.37. The summed E-state index contributed by atoms with van der Waals surface area (Å²) in [5, 5.41) is 14.8. The average Bonchev–Trinajstić information content (AvgIpc) is 3.52. The monoisotopic (exact) mass is 621 g/mol. The Balaban J connectivity index is 1.40. The molecule has 0 aliphatic heterocycles. The molecule has 9 aromatic carbocycles. The van der Waals surface area contributed by atoms with Crippen LogP contribution in [0.1, 0.15) is 0 Å². The number of benzene rings is 9. The Morgan fingerprint density at radius 3 is 1.63 bits per heavy atom. The van der Waals surface area contributed by atoms with Crippen LogP contribution < -0.4 is 0 Å². The van der Waals surface area contributed by atoms with Gasteiger partial charge in [-0.05, 0) is 61.3 Å². The van der Waals surface area contributed by atoms with Crippen LogP contribution in [0.2, 0.25) is 0 Å². The number of rotatable bonds is 2. The Labute approximate surface area is 281 Å². The highest BCUT2D eigenvalue weighted by Gasteiger charge is 2.23. The molecule has 0 aliphatic rings. The maximum atomic E-state index is 5.52. The average molecular weight is 622 g/mol. The van der Waals surface area contributed by atoms with Gasteiger partial charge in [-0.2, -0.15) is 0 Å². The first-order chi connectivity index (χ1) is 24.3. The molecule has 3 nitrogen and oxygen atoms in total. The predicted octanol–water partition coefficient (Wildman–Crippen LogP) is 12.2. The van der Waals surface area contributed by atoms with Crippen molar-refractivity contribution in [2.24, 2.45) is 0 Å². The van der Waals surface area contributed by atoms with Crippen LogP contribution in [0.15, 0.2) is 164 Å². The van der Waals surface area contributed by atoms with E-state index in [-0.39, 0.29) is 0 Å². The minimum absolute atomic E-state index is 0.828. The van der Waals surface area contributed by atoms with Crippen LogP contribution in [-0.4, -0.2) is 14.5 Å². The fourth-order valence-corrected chi connectivity index (χ4v) is 8.22. The Hall–Kier alpha value is -6.58. The smallest absolute Gasteiger partial charge is 0.165 e. The van der Waals surface area contributed by atoms with Crippen LogP contribution in [0.25, 0.3) is 104 Å². The van der Waals surface area contributed by atoms with E-state index in [4.69, 9.17) is 9.97 Å². The Bertz CT molecular complexity index is 3120. The minimum Gasteiger partial charge on any atom is -0.292 e. The molecular formula is C46H27N3. The van der Waals surface area contributed by atoms with Crippen molar-refractivity contribution in [3.8, 4) is 17.1 Å². The van der Waals surface area contributed by atoms with Gasteiger partial charge in [0.05, 0.1) is 22.1 Å². The van der Waals surface area contributed by atoms with Crippen LogP contribution in [0.4, 0.5) is 0 Å². The molecule has 3 heteroatoms. The summed E-state index contributed by atoms with van der Waals surface area (Å²) in [6, 6.07) is 58.8. The normalized spacial score (nSPS) is 12.1. The van der Waals surface area contributed by atoms with Crippen LogP contribution in [-0.2, 0) is 0 Å². The van der Waals surface area contributed by atoms with Crippen LogP contribution in [0.5, 0.6) is 0 Å². The van der Waals surface area contributed by atoms with Crippen molar-refractivity contribution in [2.45, 2.75) is 0 Å². The Morgan fingerprint density at radius 1 is 0.347 bits per heavy atom. The van der Waals surface area contributed by atoms with Gasteiger partial charge in [0.25, 0.3) is 0 Å². The largest absolute Gasteiger partial charge is 0.292 e. The summed E-state index contributed by atoms with van der Waals surface area (Å²) in [7, 11) is 0. The highest BCUT2D eigenvalue weighted by atomic mass is 15.1. The van der Waals surface area contributed by atoms with Crippen molar-refractivity contribution in [1.29, 1.82) is 0 Å². The van der Waals surface area contributed by atoms with E-state index in [0.717, 1.165) is 49.9 Å². The van der Waals surface area contributed by atoms with Gasteiger partial charge in [-0.15, -0.1) is 0 Å². The molecule has 11 aromatic rings. The molecule has 0 unspecified atom stereocenters. The molecule has 2 aromatic heterocycles. The maximum Gasteiger partial charge on any atom is 0.165 e. The molecule has 0 radical (unpaired) electrons. The first-order valence-electron chi connectivity index (χ1n) is 16.8. The van der Waals surface area contributed by atoms with E-state index in [9.17, 15) is 0 Å². The summed E-state index contributed by atoms with van der Waals surface area (Å²) in [5.41, 5.74) is 5.92. The molecule has 0 spiro atoms. The predicted molar refractivity (Wildman–Crippen MR) is 207 cm³/mol. The summed E-state index contributed by atoms with van der Waals surface area (Å²) in [5.74, 6) is 0.828. The fraction of sp³-hybridized carbons (Fsp3) is 0. The van der Waals surface area contributed by atoms with E-state index in [1.165, 1.54) is 53.9 Å². The van der Waals surface area contributed by atoms with Crippen molar-refractivity contribution in [2.75, 3.05) is 0 Å². The van der Waals surface area contributed by atoms with Gasteiger partial charge in [0.2, 0.25) is 0 Å². The first-order valence-corrected chi connectivity index (χ1v) is 16.8.